The van der Waals surface area contributed by atoms with E-state index in [1.54, 1.807) is 11.8 Å². The van der Waals surface area contributed by atoms with Crippen LogP contribution in [0.15, 0.2) is 29.2 Å². The number of anilines is 1. The molecule has 3 rings (SSSR count). The highest BCUT2D eigenvalue weighted by molar-refractivity contribution is 7.98. The lowest BCUT2D eigenvalue weighted by Gasteiger charge is -2.36. The van der Waals surface area contributed by atoms with Gasteiger partial charge in [-0.25, -0.2) is 0 Å². The molecule has 0 bridgehead atoms. The molecule has 4 heteroatoms. The molecule has 1 aromatic carbocycles. The van der Waals surface area contributed by atoms with Crippen molar-refractivity contribution in [3.05, 3.63) is 24.3 Å². The molecule has 3 nitrogen and oxygen atoms in total. The van der Waals surface area contributed by atoms with Gasteiger partial charge >= 0.3 is 0 Å². The van der Waals surface area contributed by atoms with Crippen molar-refractivity contribution < 1.29 is 9.47 Å². The van der Waals surface area contributed by atoms with E-state index in [-0.39, 0.29) is 5.79 Å². The molecule has 1 aromatic rings. The maximum Gasteiger partial charge on any atom is 0.168 e. The number of ether oxygens (including phenoxy) is 2. The first-order chi connectivity index (χ1) is 9.31. The first-order valence-electron chi connectivity index (χ1n) is 6.99. The molecule has 0 atom stereocenters. The highest BCUT2D eigenvalue weighted by atomic mass is 32.2. The monoisotopic (exact) mass is 279 g/mol. The van der Waals surface area contributed by atoms with Crippen LogP contribution in [0.4, 0.5) is 5.69 Å². The van der Waals surface area contributed by atoms with Crippen LogP contribution in [-0.4, -0.2) is 31.3 Å². The van der Waals surface area contributed by atoms with Gasteiger partial charge in [0.1, 0.15) is 0 Å². The molecule has 0 radical (unpaired) electrons. The summed E-state index contributed by atoms with van der Waals surface area (Å²) in [4.78, 5) is 1.32. The third-order valence-corrected chi connectivity index (χ3v) is 4.82. The molecular formula is C15H21NO2S. The number of para-hydroxylation sites is 1. The summed E-state index contributed by atoms with van der Waals surface area (Å²) in [6.07, 6.45) is 6.36. The van der Waals surface area contributed by atoms with E-state index in [0.717, 1.165) is 38.9 Å². The number of thioether (sulfide) groups is 1. The quantitative estimate of drug-likeness (QED) is 0.858. The average molecular weight is 279 g/mol. The minimum absolute atomic E-state index is 0.253. The lowest BCUT2D eigenvalue weighted by Crippen LogP contribution is -2.39. The largest absolute Gasteiger partial charge is 0.381 e. The maximum absolute atomic E-state index is 5.77. The van der Waals surface area contributed by atoms with Gasteiger partial charge in [-0.1, -0.05) is 12.1 Å². The Bertz CT molecular complexity index is 422. The first-order valence-corrected chi connectivity index (χ1v) is 8.21. The molecule has 1 spiro atoms. The van der Waals surface area contributed by atoms with Gasteiger partial charge in [-0.3, -0.25) is 0 Å². The van der Waals surface area contributed by atoms with Crippen LogP contribution in [0.2, 0.25) is 0 Å². The molecule has 19 heavy (non-hydrogen) atoms. The predicted octanol–water partition coefficient (Wildman–Crippen LogP) is 3.51. The van der Waals surface area contributed by atoms with Crippen LogP contribution in [0.1, 0.15) is 25.7 Å². The zero-order valence-electron chi connectivity index (χ0n) is 11.4. The Morgan fingerprint density at radius 2 is 1.84 bits per heavy atom. The lowest BCUT2D eigenvalue weighted by molar-refractivity contribution is -0.177. The van der Waals surface area contributed by atoms with E-state index in [1.165, 1.54) is 10.6 Å². The van der Waals surface area contributed by atoms with Crippen LogP contribution >= 0.6 is 11.8 Å². The predicted molar refractivity (Wildman–Crippen MR) is 78.7 cm³/mol. The highest BCUT2D eigenvalue weighted by Gasteiger charge is 2.40. The lowest BCUT2D eigenvalue weighted by atomic mass is 9.90. The summed E-state index contributed by atoms with van der Waals surface area (Å²) in [5.74, 6) is -0.253. The molecule has 1 saturated carbocycles. The van der Waals surface area contributed by atoms with E-state index in [0.29, 0.717) is 6.04 Å². The van der Waals surface area contributed by atoms with Crippen molar-refractivity contribution in [3.8, 4) is 0 Å². The van der Waals surface area contributed by atoms with E-state index in [2.05, 4.69) is 35.8 Å². The molecule has 1 aliphatic heterocycles. The van der Waals surface area contributed by atoms with Crippen LogP contribution < -0.4 is 5.32 Å². The zero-order chi connectivity index (χ0) is 13.1. The van der Waals surface area contributed by atoms with Crippen molar-refractivity contribution in [2.75, 3.05) is 24.8 Å². The molecule has 1 N–H and O–H groups in total. The summed E-state index contributed by atoms with van der Waals surface area (Å²) in [7, 11) is 0. The Labute approximate surface area is 119 Å². The van der Waals surface area contributed by atoms with Gasteiger partial charge in [0.25, 0.3) is 0 Å². The van der Waals surface area contributed by atoms with E-state index in [1.807, 2.05) is 0 Å². The summed E-state index contributed by atoms with van der Waals surface area (Å²) in [5.41, 5.74) is 1.25. The molecular weight excluding hydrogens is 258 g/mol. The highest BCUT2D eigenvalue weighted by Crippen LogP contribution is 2.37. The minimum Gasteiger partial charge on any atom is -0.381 e. The molecule has 1 heterocycles. The van der Waals surface area contributed by atoms with Gasteiger partial charge in [0, 0.05) is 29.5 Å². The smallest absolute Gasteiger partial charge is 0.168 e. The molecule has 2 fully saturated rings. The van der Waals surface area contributed by atoms with Crippen molar-refractivity contribution in [1.29, 1.82) is 0 Å². The molecule has 2 aliphatic rings. The van der Waals surface area contributed by atoms with Crippen molar-refractivity contribution in [3.63, 3.8) is 0 Å². The Balaban J connectivity index is 1.60. The number of hydrogen-bond acceptors (Lipinski definition) is 4. The van der Waals surface area contributed by atoms with E-state index in [9.17, 15) is 0 Å². The second-order valence-electron chi connectivity index (χ2n) is 5.23. The fourth-order valence-corrected chi connectivity index (χ4v) is 3.53. The third-order valence-electron chi connectivity index (χ3n) is 4.03. The van der Waals surface area contributed by atoms with Gasteiger partial charge in [-0.05, 0) is 31.2 Å². The van der Waals surface area contributed by atoms with E-state index in [4.69, 9.17) is 9.47 Å². The van der Waals surface area contributed by atoms with Crippen LogP contribution in [0, 0.1) is 0 Å². The molecule has 1 aliphatic carbocycles. The molecule has 0 amide bonds. The number of rotatable bonds is 3. The SMILES string of the molecule is CSc1ccccc1NC1CCC2(CC1)OCCO2. The Morgan fingerprint density at radius 3 is 2.53 bits per heavy atom. The molecule has 104 valence electrons. The molecule has 0 unspecified atom stereocenters. The molecule has 1 saturated heterocycles. The maximum atomic E-state index is 5.77. The van der Waals surface area contributed by atoms with Gasteiger partial charge in [0.15, 0.2) is 5.79 Å². The van der Waals surface area contributed by atoms with Crippen molar-refractivity contribution in [2.24, 2.45) is 0 Å². The van der Waals surface area contributed by atoms with Gasteiger partial charge in [0.05, 0.1) is 13.2 Å². The van der Waals surface area contributed by atoms with Crippen LogP contribution in [0.5, 0.6) is 0 Å². The van der Waals surface area contributed by atoms with Crippen molar-refractivity contribution >= 4 is 17.4 Å². The van der Waals surface area contributed by atoms with Gasteiger partial charge in [-0.15, -0.1) is 11.8 Å². The van der Waals surface area contributed by atoms with Crippen molar-refractivity contribution in [1.82, 2.24) is 0 Å². The minimum atomic E-state index is -0.253. The summed E-state index contributed by atoms with van der Waals surface area (Å²) < 4.78 is 11.5. The Morgan fingerprint density at radius 1 is 1.16 bits per heavy atom. The third kappa shape index (κ3) is 2.91. The van der Waals surface area contributed by atoms with Crippen molar-refractivity contribution in [2.45, 2.75) is 42.4 Å². The van der Waals surface area contributed by atoms with Gasteiger partial charge in [-0.2, -0.15) is 0 Å². The Hall–Kier alpha value is -0.710. The van der Waals surface area contributed by atoms with Crippen LogP contribution in [-0.2, 0) is 9.47 Å². The second kappa shape index (κ2) is 5.73. The number of benzene rings is 1. The first kappa shape index (κ1) is 13.3. The topological polar surface area (TPSA) is 30.5 Å². The second-order valence-corrected chi connectivity index (χ2v) is 6.07. The fraction of sp³-hybridized carbons (Fsp3) is 0.600. The average Bonchev–Trinajstić information content (AvgIpc) is 2.91. The summed E-state index contributed by atoms with van der Waals surface area (Å²) in [6, 6.07) is 9.05. The van der Waals surface area contributed by atoms with Crippen LogP contribution in [0.25, 0.3) is 0 Å². The summed E-state index contributed by atoms with van der Waals surface area (Å²) in [6.45, 7) is 1.51. The fourth-order valence-electron chi connectivity index (χ4n) is 2.97. The van der Waals surface area contributed by atoms with Gasteiger partial charge in [0.2, 0.25) is 0 Å². The van der Waals surface area contributed by atoms with E-state index >= 15 is 0 Å². The van der Waals surface area contributed by atoms with Crippen LogP contribution in [0.3, 0.4) is 0 Å². The van der Waals surface area contributed by atoms with E-state index < -0.39 is 0 Å². The van der Waals surface area contributed by atoms with Gasteiger partial charge < -0.3 is 14.8 Å². The number of hydrogen-bond donors (Lipinski definition) is 1. The summed E-state index contributed by atoms with van der Waals surface area (Å²) >= 11 is 1.79. The molecule has 0 aromatic heterocycles. The number of nitrogens with one attached hydrogen (secondary N) is 1. The normalized spacial score (nSPS) is 22.8. The Kier molecular flexibility index (Phi) is 4.01. The standard InChI is InChI=1S/C15H21NO2S/c1-19-14-5-3-2-4-13(14)16-12-6-8-15(9-7-12)17-10-11-18-15/h2-5,12,16H,6-11H2,1H3. The summed E-state index contributed by atoms with van der Waals surface area (Å²) in [5, 5.41) is 3.67. The zero-order valence-corrected chi connectivity index (χ0v) is 12.2.